The summed E-state index contributed by atoms with van der Waals surface area (Å²) in [6.45, 7) is 6.67. The largest absolute Gasteiger partial charge is 0.355 e. The van der Waals surface area contributed by atoms with Gasteiger partial charge in [0.15, 0.2) is 0 Å². The molecule has 0 aromatic heterocycles. The Balaban J connectivity index is 1.84. The number of sulfonamides is 1. The van der Waals surface area contributed by atoms with Crippen LogP contribution in [0.5, 0.6) is 0 Å². The molecule has 1 unspecified atom stereocenters. The minimum Gasteiger partial charge on any atom is -0.355 e. The summed E-state index contributed by atoms with van der Waals surface area (Å²) in [5.41, 5.74) is 4.53. The second kappa shape index (κ2) is 13.9. The number of hydrogen-bond acceptors (Lipinski definition) is 4. The van der Waals surface area contributed by atoms with Crippen LogP contribution in [0.15, 0.2) is 78.9 Å². The lowest BCUT2D eigenvalue weighted by Crippen LogP contribution is -2.50. The summed E-state index contributed by atoms with van der Waals surface area (Å²) in [6, 6.07) is 24.1. The minimum atomic E-state index is -3.55. The van der Waals surface area contributed by atoms with E-state index in [1.54, 1.807) is 11.0 Å². The van der Waals surface area contributed by atoms with Crippen molar-refractivity contribution >= 4 is 27.5 Å². The van der Waals surface area contributed by atoms with Crippen LogP contribution in [0, 0.1) is 13.8 Å². The maximum atomic E-state index is 13.7. The summed E-state index contributed by atoms with van der Waals surface area (Å²) in [4.78, 5) is 28.6. The summed E-state index contributed by atoms with van der Waals surface area (Å²) < 4.78 is 26.6. The predicted octanol–water partition coefficient (Wildman–Crippen LogP) is 4.63. The molecule has 8 heteroatoms. The molecule has 7 nitrogen and oxygen atoms in total. The third-order valence-electron chi connectivity index (χ3n) is 6.75. The van der Waals surface area contributed by atoms with Crippen molar-refractivity contribution in [3.63, 3.8) is 0 Å². The molecule has 0 fully saturated rings. The van der Waals surface area contributed by atoms with Gasteiger partial charge in [0.2, 0.25) is 21.8 Å². The van der Waals surface area contributed by atoms with Crippen LogP contribution in [0.1, 0.15) is 42.0 Å². The number of hydrogen-bond donors (Lipinski definition) is 1. The van der Waals surface area contributed by atoms with E-state index in [4.69, 9.17) is 0 Å². The van der Waals surface area contributed by atoms with E-state index in [2.05, 4.69) is 5.32 Å². The lowest BCUT2D eigenvalue weighted by atomic mass is 10.0. The van der Waals surface area contributed by atoms with Crippen LogP contribution in [0.3, 0.4) is 0 Å². The van der Waals surface area contributed by atoms with E-state index >= 15 is 0 Å². The van der Waals surface area contributed by atoms with E-state index in [0.717, 1.165) is 22.3 Å². The highest BCUT2D eigenvalue weighted by molar-refractivity contribution is 7.92. The van der Waals surface area contributed by atoms with Crippen molar-refractivity contribution < 1.29 is 18.0 Å². The fourth-order valence-corrected chi connectivity index (χ4v) is 5.47. The fourth-order valence-electron chi connectivity index (χ4n) is 4.51. The number of amides is 2. The van der Waals surface area contributed by atoms with Crippen LogP contribution in [0.4, 0.5) is 5.69 Å². The molecule has 3 rings (SSSR count). The van der Waals surface area contributed by atoms with Crippen molar-refractivity contribution in [3.05, 3.63) is 101 Å². The van der Waals surface area contributed by atoms with Gasteiger partial charge in [-0.3, -0.25) is 13.9 Å². The van der Waals surface area contributed by atoms with Crippen molar-refractivity contribution in [2.75, 3.05) is 23.7 Å². The van der Waals surface area contributed by atoms with Gasteiger partial charge < -0.3 is 10.2 Å². The number of nitrogens with zero attached hydrogens (tertiary/aromatic N) is 2. The average molecular weight is 550 g/mol. The molecule has 0 saturated carbocycles. The van der Waals surface area contributed by atoms with Crippen LogP contribution in [-0.2, 0) is 32.6 Å². The number of carbonyl (C=O) groups is 2. The Hall–Kier alpha value is -3.65. The van der Waals surface area contributed by atoms with Gasteiger partial charge in [0, 0.05) is 32.5 Å². The molecule has 0 aliphatic rings. The molecule has 0 aliphatic carbocycles. The maximum Gasteiger partial charge on any atom is 0.243 e. The topological polar surface area (TPSA) is 86.8 Å². The molecule has 208 valence electrons. The first-order valence-electron chi connectivity index (χ1n) is 13.3. The van der Waals surface area contributed by atoms with Crippen molar-refractivity contribution in [1.82, 2.24) is 10.2 Å². The first-order valence-corrected chi connectivity index (χ1v) is 15.1. The van der Waals surface area contributed by atoms with Crippen LogP contribution in [0.2, 0.25) is 0 Å². The zero-order valence-corrected chi connectivity index (χ0v) is 24.1. The summed E-state index contributed by atoms with van der Waals surface area (Å²) in [5, 5.41) is 2.89. The van der Waals surface area contributed by atoms with Crippen molar-refractivity contribution in [1.29, 1.82) is 0 Å². The zero-order chi connectivity index (χ0) is 28.4. The molecule has 0 bridgehead atoms. The summed E-state index contributed by atoms with van der Waals surface area (Å²) in [6.07, 6.45) is 1.98. The monoisotopic (exact) mass is 549 g/mol. The standard InChI is InChI=1S/C31H39N3O4S/c1-5-32-31(36)29(22-26-13-8-6-9-14-26)33(23-27-15-10-7-11-16-27)30(35)17-12-20-34(39(4,37)38)28-19-18-24(2)25(3)21-28/h6-11,13-16,18-19,21,29H,5,12,17,20,22-23H2,1-4H3,(H,32,36). The van der Waals surface area contributed by atoms with Gasteiger partial charge in [-0.1, -0.05) is 66.7 Å². The number of likely N-dealkylation sites (N-methyl/N-ethyl adjacent to an activating group) is 1. The third-order valence-corrected chi connectivity index (χ3v) is 7.94. The highest BCUT2D eigenvalue weighted by atomic mass is 32.2. The highest BCUT2D eigenvalue weighted by Gasteiger charge is 2.30. The number of carbonyl (C=O) groups excluding carboxylic acids is 2. The van der Waals surface area contributed by atoms with Crippen LogP contribution in [0.25, 0.3) is 0 Å². The predicted molar refractivity (Wildman–Crippen MR) is 157 cm³/mol. The number of rotatable bonds is 13. The second-order valence-corrected chi connectivity index (χ2v) is 11.7. The number of anilines is 1. The molecule has 0 radical (unpaired) electrons. The van der Waals surface area contributed by atoms with E-state index in [1.807, 2.05) is 93.6 Å². The minimum absolute atomic E-state index is 0.106. The molecule has 0 saturated heterocycles. The van der Waals surface area contributed by atoms with Gasteiger partial charge in [-0.25, -0.2) is 8.42 Å². The number of nitrogens with one attached hydrogen (secondary N) is 1. The van der Waals surface area contributed by atoms with E-state index in [0.29, 0.717) is 25.1 Å². The van der Waals surface area contributed by atoms with Gasteiger partial charge in [-0.2, -0.15) is 0 Å². The normalized spacial score (nSPS) is 12.0. The van der Waals surface area contributed by atoms with Crippen LogP contribution in [-0.4, -0.2) is 50.5 Å². The Bertz CT molecular complexity index is 1340. The van der Waals surface area contributed by atoms with Crippen molar-refractivity contribution in [2.45, 2.75) is 52.6 Å². The second-order valence-electron chi connectivity index (χ2n) is 9.81. The molecule has 0 aliphatic heterocycles. The Labute approximate surface area is 232 Å². The first kappa shape index (κ1) is 29.9. The molecular weight excluding hydrogens is 510 g/mol. The van der Waals surface area contributed by atoms with Crippen LogP contribution < -0.4 is 9.62 Å². The summed E-state index contributed by atoms with van der Waals surface area (Å²) in [5.74, 6) is -0.405. The van der Waals surface area contributed by atoms with E-state index in [1.165, 1.54) is 10.6 Å². The van der Waals surface area contributed by atoms with Crippen molar-refractivity contribution in [3.8, 4) is 0 Å². The molecule has 39 heavy (non-hydrogen) atoms. The van der Waals surface area contributed by atoms with Crippen molar-refractivity contribution in [2.24, 2.45) is 0 Å². The molecule has 3 aromatic carbocycles. The summed E-state index contributed by atoms with van der Waals surface area (Å²) in [7, 11) is -3.55. The summed E-state index contributed by atoms with van der Waals surface area (Å²) >= 11 is 0. The first-order chi connectivity index (χ1) is 18.6. The number of benzene rings is 3. The van der Waals surface area contributed by atoms with E-state index < -0.39 is 16.1 Å². The average Bonchev–Trinajstić information content (AvgIpc) is 2.91. The quantitative estimate of drug-likeness (QED) is 0.337. The smallest absolute Gasteiger partial charge is 0.243 e. The van der Waals surface area contributed by atoms with Crippen LogP contribution >= 0.6 is 0 Å². The molecule has 0 spiro atoms. The van der Waals surface area contributed by atoms with Gasteiger partial charge >= 0.3 is 0 Å². The van der Waals surface area contributed by atoms with Gasteiger partial charge in [0.25, 0.3) is 0 Å². The lowest BCUT2D eigenvalue weighted by Gasteiger charge is -2.32. The number of aryl methyl sites for hydroxylation is 2. The van der Waals surface area contributed by atoms with E-state index in [9.17, 15) is 18.0 Å². The SMILES string of the molecule is CCNC(=O)C(Cc1ccccc1)N(Cc1ccccc1)C(=O)CCCN(c1ccc(C)c(C)c1)S(C)(=O)=O. The van der Waals surface area contributed by atoms with E-state index in [-0.39, 0.29) is 31.3 Å². The maximum absolute atomic E-state index is 13.7. The molecule has 2 amide bonds. The molecule has 0 heterocycles. The third kappa shape index (κ3) is 8.68. The van der Waals surface area contributed by atoms with Gasteiger partial charge in [0.05, 0.1) is 11.9 Å². The molecular formula is C31H39N3O4S. The Kier molecular flexibility index (Phi) is 10.7. The molecule has 1 atom stereocenters. The van der Waals surface area contributed by atoms with Gasteiger partial charge in [0.1, 0.15) is 6.04 Å². The Morgan fingerprint density at radius 3 is 2.05 bits per heavy atom. The Morgan fingerprint density at radius 2 is 1.49 bits per heavy atom. The Morgan fingerprint density at radius 1 is 0.872 bits per heavy atom. The van der Waals surface area contributed by atoms with Gasteiger partial charge in [-0.15, -0.1) is 0 Å². The fraction of sp³-hybridized carbons (Fsp3) is 0.355. The lowest BCUT2D eigenvalue weighted by molar-refractivity contribution is -0.141. The molecule has 3 aromatic rings. The highest BCUT2D eigenvalue weighted by Crippen LogP contribution is 2.22. The van der Waals surface area contributed by atoms with Gasteiger partial charge in [-0.05, 0) is 61.6 Å². The zero-order valence-electron chi connectivity index (χ0n) is 23.3. The molecule has 1 N–H and O–H groups in total.